The van der Waals surface area contributed by atoms with Gasteiger partial charge in [-0.3, -0.25) is 0 Å². The molecule has 1 rings (SSSR count). The van der Waals surface area contributed by atoms with Gasteiger partial charge in [-0.2, -0.15) is 0 Å². The Hall–Kier alpha value is -1.67. The number of nitrogens with zero attached hydrogens (tertiary/aromatic N) is 1. The number of sulfonamides is 1. The molecule has 0 aliphatic rings. The minimum Gasteiger partial charge on any atom is -0.409 e. The molecule has 20 heavy (non-hydrogen) atoms. The quantitative estimate of drug-likeness (QED) is 0.315. The second kappa shape index (κ2) is 6.67. The molecular formula is C12H18FN3O3S. The largest absolute Gasteiger partial charge is 0.409 e. The average molecular weight is 303 g/mol. The highest BCUT2D eigenvalue weighted by Crippen LogP contribution is 2.11. The summed E-state index contributed by atoms with van der Waals surface area (Å²) in [5, 5.41) is 11.3. The zero-order chi connectivity index (χ0) is 15.3. The van der Waals surface area contributed by atoms with E-state index in [-0.39, 0.29) is 35.2 Å². The van der Waals surface area contributed by atoms with E-state index in [1.54, 1.807) is 13.8 Å². The van der Waals surface area contributed by atoms with Crippen LogP contribution in [0.15, 0.2) is 23.4 Å². The molecule has 0 bridgehead atoms. The van der Waals surface area contributed by atoms with Crippen molar-refractivity contribution in [2.45, 2.75) is 20.4 Å². The van der Waals surface area contributed by atoms with E-state index in [0.29, 0.717) is 0 Å². The summed E-state index contributed by atoms with van der Waals surface area (Å²) >= 11 is 0. The van der Waals surface area contributed by atoms with Crippen molar-refractivity contribution in [2.75, 3.05) is 5.75 Å². The standard InChI is InChI=1S/C12H18FN3O3S/c1-8(2)7-20(18,19)15-6-10-4-3-9(5-11(10)13)12(14)16-17/h3-5,8,15,17H,6-7H2,1-2H3,(H2,14,16). The van der Waals surface area contributed by atoms with E-state index in [2.05, 4.69) is 9.88 Å². The van der Waals surface area contributed by atoms with Gasteiger partial charge in [-0.05, 0) is 12.0 Å². The van der Waals surface area contributed by atoms with Crippen molar-refractivity contribution < 1.29 is 18.0 Å². The van der Waals surface area contributed by atoms with Gasteiger partial charge in [0.05, 0.1) is 5.75 Å². The minimum atomic E-state index is -3.43. The van der Waals surface area contributed by atoms with Gasteiger partial charge in [0.2, 0.25) is 10.0 Å². The molecule has 0 radical (unpaired) electrons. The highest BCUT2D eigenvalue weighted by molar-refractivity contribution is 7.89. The highest BCUT2D eigenvalue weighted by Gasteiger charge is 2.14. The molecule has 0 fully saturated rings. The molecule has 6 nitrogen and oxygen atoms in total. The summed E-state index contributed by atoms with van der Waals surface area (Å²) in [5.74, 6) is -0.867. The lowest BCUT2D eigenvalue weighted by atomic mass is 10.1. The van der Waals surface area contributed by atoms with Crippen molar-refractivity contribution in [1.82, 2.24) is 4.72 Å². The zero-order valence-corrected chi connectivity index (χ0v) is 12.1. The maximum atomic E-state index is 13.8. The number of oxime groups is 1. The van der Waals surface area contributed by atoms with Crippen LogP contribution in [0.5, 0.6) is 0 Å². The second-order valence-electron chi connectivity index (χ2n) is 4.79. The molecule has 0 aliphatic heterocycles. The van der Waals surface area contributed by atoms with Gasteiger partial charge >= 0.3 is 0 Å². The first-order valence-corrected chi connectivity index (χ1v) is 7.64. The van der Waals surface area contributed by atoms with Crippen molar-refractivity contribution in [3.8, 4) is 0 Å². The Morgan fingerprint density at radius 1 is 1.50 bits per heavy atom. The summed E-state index contributed by atoms with van der Waals surface area (Å²) in [6, 6.07) is 3.92. The van der Waals surface area contributed by atoms with Crippen LogP contribution in [0.2, 0.25) is 0 Å². The first kappa shape index (κ1) is 16.4. The van der Waals surface area contributed by atoms with E-state index >= 15 is 0 Å². The van der Waals surface area contributed by atoms with Crippen LogP contribution in [-0.2, 0) is 16.6 Å². The van der Waals surface area contributed by atoms with Crippen LogP contribution in [0.25, 0.3) is 0 Å². The van der Waals surface area contributed by atoms with Crippen LogP contribution in [0.3, 0.4) is 0 Å². The Morgan fingerprint density at radius 3 is 2.65 bits per heavy atom. The fraction of sp³-hybridized carbons (Fsp3) is 0.417. The summed E-state index contributed by atoms with van der Waals surface area (Å²) in [6.07, 6.45) is 0. The highest BCUT2D eigenvalue weighted by atomic mass is 32.2. The molecule has 4 N–H and O–H groups in total. The molecule has 0 amide bonds. The fourth-order valence-electron chi connectivity index (χ4n) is 1.59. The predicted molar refractivity (Wildman–Crippen MR) is 74.4 cm³/mol. The number of hydrogen-bond acceptors (Lipinski definition) is 4. The van der Waals surface area contributed by atoms with Crippen molar-refractivity contribution >= 4 is 15.9 Å². The third-order valence-corrected chi connectivity index (χ3v) is 4.18. The van der Waals surface area contributed by atoms with Gasteiger partial charge in [0.1, 0.15) is 5.82 Å². The molecule has 8 heteroatoms. The van der Waals surface area contributed by atoms with Crippen LogP contribution in [-0.4, -0.2) is 25.2 Å². The van der Waals surface area contributed by atoms with Crippen molar-refractivity contribution in [2.24, 2.45) is 16.8 Å². The SMILES string of the molecule is CC(C)CS(=O)(=O)NCc1ccc(C(N)=NO)cc1F. The minimum absolute atomic E-state index is 0.0136. The summed E-state index contributed by atoms with van der Waals surface area (Å²) in [4.78, 5) is 0. The molecule has 0 heterocycles. The van der Waals surface area contributed by atoms with Crippen molar-refractivity contribution in [3.63, 3.8) is 0 Å². The zero-order valence-electron chi connectivity index (χ0n) is 11.3. The molecular weight excluding hydrogens is 285 g/mol. The molecule has 0 saturated carbocycles. The van der Waals surface area contributed by atoms with E-state index in [1.807, 2.05) is 0 Å². The lowest BCUT2D eigenvalue weighted by molar-refractivity contribution is 0.318. The summed E-state index contributed by atoms with van der Waals surface area (Å²) in [6.45, 7) is 3.43. The molecule has 0 unspecified atom stereocenters. The molecule has 0 aromatic heterocycles. The van der Waals surface area contributed by atoms with Crippen LogP contribution < -0.4 is 10.5 Å². The summed E-state index contributed by atoms with van der Waals surface area (Å²) in [7, 11) is -3.43. The third kappa shape index (κ3) is 4.78. The van der Waals surface area contributed by atoms with Crippen LogP contribution in [0.1, 0.15) is 25.0 Å². The number of amidine groups is 1. The number of hydrogen-bond donors (Lipinski definition) is 3. The number of benzene rings is 1. The number of nitrogens with two attached hydrogens (primary N) is 1. The maximum absolute atomic E-state index is 13.8. The number of nitrogens with one attached hydrogen (secondary N) is 1. The Bertz CT molecular complexity index is 600. The molecule has 0 spiro atoms. The Morgan fingerprint density at radius 2 is 2.15 bits per heavy atom. The van der Waals surface area contributed by atoms with E-state index in [0.717, 1.165) is 6.07 Å². The Kier molecular flexibility index (Phi) is 5.46. The van der Waals surface area contributed by atoms with E-state index in [1.165, 1.54) is 12.1 Å². The maximum Gasteiger partial charge on any atom is 0.212 e. The van der Waals surface area contributed by atoms with Crippen molar-refractivity contribution in [1.29, 1.82) is 0 Å². The van der Waals surface area contributed by atoms with Gasteiger partial charge in [-0.15, -0.1) is 0 Å². The van der Waals surface area contributed by atoms with Crippen LogP contribution >= 0.6 is 0 Å². The van der Waals surface area contributed by atoms with Gasteiger partial charge < -0.3 is 10.9 Å². The molecule has 112 valence electrons. The molecule has 0 atom stereocenters. The van der Waals surface area contributed by atoms with Crippen LogP contribution in [0.4, 0.5) is 4.39 Å². The second-order valence-corrected chi connectivity index (χ2v) is 6.64. The average Bonchev–Trinajstić information content (AvgIpc) is 2.34. The molecule has 1 aromatic carbocycles. The first-order chi connectivity index (χ1) is 9.25. The monoisotopic (exact) mass is 303 g/mol. The van der Waals surface area contributed by atoms with Gasteiger partial charge in [0.15, 0.2) is 5.84 Å². The van der Waals surface area contributed by atoms with E-state index in [4.69, 9.17) is 10.9 Å². The topological polar surface area (TPSA) is 105 Å². The number of rotatable bonds is 6. The lowest BCUT2D eigenvalue weighted by Crippen LogP contribution is -2.28. The molecule has 0 aliphatic carbocycles. The predicted octanol–water partition coefficient (Wildman–Crippen LogP) is 0.996. The first-order valence-electron chi connectivity index (χ1n) is 5.99. The smallest absolute Gasteiger partial charge is 0.212 e. The van der Waals surface area contributed by atoms with Gasteiger partial charge in [0, 0.05) is 17.7 Å². The molecule has 1 aromatic rings. The normalized spacial score (nSPS) is 12.9. The third-order valence-electron chi connectivity index (χ3n) is 2.49. The molecule has 0 saturated heterocycles. The number of halogens is 1. The van der Waals surface area contributed by atoms with Gasteiger partial charge in [-0.25, -0.2) is 17.5 Å². The lowest BCUT2D eigenvalue weighted by Gasteiger charge is -2.10. The van der Waals surface area contributed by atoms with Crippen molar-refractivity contribution in [3.05, 3.63) is 35.1 Å². The summed E-state index contributed by atoms with van der Waals surface area (Å²) in [5.41, 5.74) is 5.74. The van der Waals surface area contributed by atoms with Gasteiger partial charge in [0.25, 0.3) is 0 Å². The fourth-order valence-corrected chi connectivity index (χ4v) is 2.96. The Labute approximate surface area is 117 Å². The summed E-state index contributed by atoms with van der Waals surface area (Å²) < 4.78 is 39.4. The van der Waals surface area contributed by atoms with E-state index < -0.39 is 15.8 Å². The van der Waals surface area contributed by atoms with Crippen LogP contribution in [0, 0.1) is 11.7 Å². The van der Waals surface area contributed by atoms with Gasteiger partial charge in [-0.1, -0.05) is 31.1 Å². The van der Waals surface area contributed by atoms with E-state index in [9.17, 15) is 12.8 Å². The Balaban J connectivity index is 2.80.